The predicted octanol–water partition coefficient (Wildman–Crippen LogP) is 2.79. The van der Waals surface area contributed by atoms with Gasteiger partial charge in [0, 0.05) is 0 Å². The van der Waals surface area contributed by atoms with E-state index in [1.807, 2.05) is 0 Å². The Morgan fingerprint density at radius 2 is 1.62 bits per heavy atom. The van der Waals surface area contributed by atoms with Gasteiger partial charge in [-0.1, -0.05) is 18.2 Å². The molecule has 2 rings (SSSR count). The smallest absolute Gasteiger partial charge is 0.264 e. The first kappa shape index (κ1) is 15.5. The minimum Gasteiger partial charge on any atom is -0.279 e. The number of anilines is 1. The summed E-state index contributed by atoms with van der Waals surface area (Å²) >= 11 is 5.34. The lowest BCUT2D eigenvalue weighted by Gasteiger charge is -2.22. The molecule has 0 aliphatic rings. The molecule has 4 nitrogen and oxygen atoms in total. The van der Waals surface area contributed by atoms with Crippen molar-refractivity contribution in [3.8, 4) is 0 Å². The van der Waals surface area contributed by atoms with Crippen LogP contribution in [0, 0.1) is 5.82 Å². The SMILES string of the molecule is O=C(Cl)CN(c1ccccc1)S(=O)(=O)c1ccc(F)cc1. The summed E-state index contributed by atoms with van der Waals surface area (Å²) in [5.74, 6) is -0.548. The molecule has 0 aliphatic heterocycles. The van der Waals surface area contributed by atoms with Crippen LogP contribution in [0.3, 0.4) is 0 Å². The third-order valence-electron chi connectivity index (χ3n) is 2.71. The maximum atomic E-state index is 12.9. The molecule has 0 N–H and O–H groups in total. The van der Waals surface area contributed by atoms with E-state index >= 15 is 0 Å². The topological polar surface area (TPSA) is 54.5 Å². The fraction of sp³-hybridized carbons (Fsp3) is 0.0714. The Balaban J connectivity index is 2.49. The first-order valence-electron chi connectivity index (χ1n) is 5.93. The molecule has 0 saturated carbocycles. The number of hydrogen-bond acceptors (Lipinski definition) is 3. The predicted molar refractivity (Wildman–Crippen MR) is 78.2 cm³/mol. The number of hydrogen-bond donors (Lipinski definition) is 0. The molecule has 2 aromatic carbocycles. The number of para-hydroxylation sites is 1. The molecule has 0 amide bonds. The molecule has 0 bridgehead atoms. The first-order valence-corrected chi connectivity index (χ1v) is 7.75. The summed E-state index contributed by atoms with van der Waals surface area (Å²) in [6.07, 6.45) is 0. The van der Waals surface area contributed by atoms with Gasteiger partial charge in [-0.3, -0.25) is 9.10 Å². The zero-order valence-electron chi connectivity index (χ0n) is 10.7. The van der Waals surface area contributed by atoms with Crippen molar-refractivity contribution >= 4 is 32.6 Å². The van der Waals surface area contributed by atoms with Gasteiger partial charge in [-0.25, -0.2) is 12.8 Å². The molecular formula is C14H11ClFNO3S. The summed E-state index contributed by atoms with van der Waals surface area (Å²) < 4.78 is 39.0. The van der Waals surface area contributed by atoms with Crippen molar-refractivity contribution in [1.29, 1.82) is 0 Å². The van der Waals surface area contributed by atoms with Crippen molar-refractivity contribution < 1.29 is 17.6 Å². The van der Waals surface area contributed by atoms with Crippen molar-refractivity contribution in [2.45, 2.75) is 4.90 Å². The second-order valence-electron chi connectivity index (χ2n) is 4.16. The summed E-state index contributed by atoms with van der Waals surface area (Å²) in [5.41, 5.74) is 0.302. The van der Waals surface area contributed by atoms with Gasteiger partial charge >= 0.3 is 0 Å². The van der Waals surface area contributed by atoms with Crippen LogP contribution in [-0.4, -0.2) is 20.2 Å². The van der Waals surface area contributed by atoms with Gasteiger partial charge in [0.15, 0.2) is 0 Å². The Morgan fingerprint density at radius 3 is 2.14 bits per heavy atom. The van der Waals surface area contributed by atoms with Crippen LogP contribution >= 0.6 is 11.6 Å². The number of nitrogens with zero attached hydrogens (tertiary/aromatic N) is 1. The average molecular weight is 328 g/mol. The summed E-state index contributed by atoms with van der Waals surface area (Å²) in [5, 5.41) is -0.815. The van der Waals surface area contributed by atoms with E-state index in [-0.39, 0.29) is 4.90 Å². The Morgan fingerprint density at radius 1 is 1.05 bits per heavy atom. The Bertz CT molecular complexity index is 733. The van der Waals surface area contributed by atoms with Crippen molar-refractivity contribution in [3.63, 3.8) is 0 Å². The molecular weight excluding hydrogens is 317 g/mol. The van der Waals surface area contributed by atoms with Crippen LogP contribution in [0.5, 0.6) is 0 Å². The number of benzene rings is 2. The van der Waals surface area contributed by atoms with Crippen molar-refractivity contribution in [3.05, 3.63) is 60.4 Å². The minimum absolute atomic E-state index is 0.120. The zero-order valence-corrected chi connectivity index (χ0v) is 12.3. The summed E-state index contributed by atoms with van der Waals surface area (Å²) in [6.45, 7) is -0.509. The molecule has 21 heavy (non-hydrogen) atoms. The van der Waals surface area contributed by atoms with Crippen LogP contribution < -0.4 is 4.31 Å². The van der Waals surface area contributed by atoms with Crippen LogP contribution in [0.2, 0.25) is 0 Å². The standard InChI is InChI=1S/C14H11ClFNO3S/c15-14(18)10-17(12-4-2-1-3-5-12)21(19,20)13-8-6-11(16)7-9-13/h1-9H,10H2. The van der Waals surface area contributed by atoms with E-state index in [0.717, 1.165) is 28.6 Å². The Labute approximate surface area is 126 Å². The maximum Gasteiger partial charge on any atom is 0.264 e. The van der Waals surface area contributed by atoms with Gasteiger partial charge in [0.1, 0.15) is 12.4 Å². The van der Waals surface area contributed by atoms with Crippen molar-refractivity contribution in [2.75, 3.05) is 10.8 Å². The highest BCUT2D eigenvalue weighted by Crippen LogP contribution is 2.23. The molecule has 2 aromatic rings. The average Bonchev–Trinajstić information content (AvgIpc) is 2.46. The van der Waals surface area contributed by atoms with Gasteiger partial charge in [-0.2, -0.15) is 0 Å². The highest BCUT2D eigenvalue weighted by molar-refractivity contribution is 7.92. The zero-order chi connectivity index (χ0) is 15.5. The first-order chi connectivity index (χ1) is 9.91. The highest BCUT2D eigenvalue weighted by atomic mass is 35.5. The lowest BCUT2D eigenvalue weighted by molar-refractivity contribution is -0.110. The summed E-state index contributed by atoms with van der Waals surface area (Å²) in [4.78, 5) is 11.0. The molecule has 0 heterocycles. The second-order valence-corrected chi connectivity index (χ2v) is 6.44. The molecule has 0 saturated heterocycles. The van der Waals surface area contributed by atoms with Gasteiger partial charge in [-0.15, -0.1) is 0 Å². The Hall–Kier alpha value is -1.92. The highest BCUT2D eigenvalue weighted by Gasteiger charge is 2.26. The van der Waals surface area contributed by atoms with Crippen LogP contribution in [0.4, 0.5) is 10.1 Å². The van der Waals surface area contributed by atoms with Crippen LogP contribution in [0.25, 0.3) is 0 Å². The number of rotatable bonds is 5. The van der Waals surface area contributed by atoms with E-state index in [9.17, 15) is 17.6 Å². The van der Waals surface area contributed by atoms with Crippen molar-refractivity contribution in [1.82, 2.24) is 0 Å². The lowest BCUT2D eigenvalue weighted by atomic mass is 10.3. The number of sulfonamides is 1. The van der Waals surface area contributed by atoms with Crippen molar-refractivity contribution in [2.24, 2.45) is 0 Å². The molecule has 0 atom stereocenters. The normalized spacial score (nSPS) is 11.1. The van der Waals surface area contributed by atoms with Gasteiger partial charge in [0.25, 0.3) is 10.0 Å². The monoisotopic (exact) mass is 327 g/mol. The molecule has 0 radical (unpaired) electrons. The largest absolute Gasteiger partial charge is 0.279 e. The van der Waals surface area contributed by atoms with Gasteiger partial charge < -0.3 is 0 Å². The van der Waals surface area contributed by atoms with Crippen LogP contribution in [-0.2, 0) is 14.8 Å². The second kappa shape index (κ2) is 6.24. The summed E-state index contributed by atoms with van der Waals surface area (Å²) in [7, 11) is -4.00. The van der Waals surface area contributed by atoms with Crippen LogP contribution in [0.1, 0.15) is 0 Å². The number of halogens is 2. The number of carbonyl (C=O) groups is 1. The quantitative estimate of drug-likeness (QED) is 0.793. The maximum absolute atomic E-state index is 12.9. The molecule has 0 fully saturated rings. The molecule has 0 aliphatic carbocycles. The van der Waals surface area contributed by atoms with E-state index in [2.05, 4.69) is 0 Å². The van der Waals surface area contributed by atoms with E-state index in [1.54, 1.807) is 30.3 Å². The van der Waals surface area contributed by atoms with E-state index in [4.69, 9.17) is 11.6 Å². The molecule has 7 heteroatoms. The fourth-order valence-electron chi connectivity index (χ4n) is 1.76. The Kier molecular flexibility index (Phi) is 4.59. The third kappa shape index (κ3) is 3.59. The number of carbonyl (C=O) groups excluding carboxylic acids is 1. The molecule has 110 valence electrons. The van der Waals surface area contributed by atoms with Gasteiger partial charge in [0.05, 0.1) is 10.6 Å². The molecule has 0 spiro atoms. The lowest BCUT2D eigenvalue weighted by Crippen LogP contribution is -2.34. The van der Waals surface area contributed by atoms with E-state index in [1.165, 1.54) is 0 Å². The fourth-order valence-corrected chi connectivity index (χ4v) is 3.37. The molecule has 0 unspecified atom stereocenters. The minimum atomic E-state index is -4.00. The van der Waals surface area contributed by atoms with E-state index < -0.39 is 27.6 Å². The van der Waals surface area contributed by atoms with E-state index in [0.29, 0.717) is 5.69 Å². The van der Waals surface area contributed by atoms with Crippen LogP contribution in [0.15, 0.2) is 59.5 Å². The molecule has 0 aromatic heterocycles. The summed E-state index contributed by atoms with van der Waals surface area (Å²) in [6, 6.07) is 12.4. The van der Waals surface area contributed by atoms with Gasteiger partial charge in [0.2, 0.25) is 5.24 Å². The third-order valence-corrected chi connectivity index (χ3v) is 4.62. The van der Waals surface area contributed by atoms with Gasteiger partial charge in [-0.05, 0) is 48.0 Å².